The maximum atomic E-state index is 13.9. The van der Waals surface area contributed by atoms with Crippen LogP contribution in [0.15, 0.2) is 18.2 Å². The van der Waals surface area contributed by atoms with Crippen LogP contribution in [0.25, 0.3) is 0 Å². The summed E-state index contributed by atoms with van der Waals surface area (Å²) in [7, 11) is 0. The molecule has 0 aromatic heterocycles. The lowest BCUT2D eigenvalue weighted by Gasteiger charge is -2.38. The monoisotopic (exact) mass is 295 g/mol. The van der Waals surface area contributed by atoms with Crippen molar-refractivity contribution in [3.8, 4) is 0 Å². The van der Waals surface area contributed by atoms with Crippen LogP contribution in [-0.2, 0) is 6.42 Å². The van der Waals surface area contributed by atoms with E-state index in [1.54, 1.807) is 0 Å². The number of halogens is 2. The summed E-state index contributed by atoms with van der Waals surface area (Å²) in [6, 6.07) is 4.00. The van der Waals surface area contributed by atoms with Crippen LogP contribution < -0.4 is 5.32 Å². The highest BCUT2D eigenvalue weighted by Gasteiger charge is 2.31. The van der Waals surface area contributed by atoms with Crippen LogP contribution in [0.2, 0.25) is 0 Å². The molecule has 1 nitrogen and oxygen atoms in total. The second kappa shape index (κ2) is 6.87. The molecule has 118 valence electrons. The van der Waals surface area contributed by atoms with Gasteiger partial charge in [0, 0.05) is 6.04 Å². The number of rotatable bonds is 5. The Morgan fingerprint density at radius 3 is 2.52 bits per heavy atom. The van der Waals surface area contributed by atoms with Crippen molar-refractivity contribution >= 4 is 0 Å². The standard InChI is InChI=1S/C18H27F2N/c1-4-21-17(13-7-9-18(2,3)10-8-13)12-14-11-15(19)5-6-16(14)20/h5-6,11,13,17,21H,4,7-10,12H2,1-3H3. The van der Waals surface area contributed by atoms with Crippen LogP contribution in [0.3, 0.4) is 0 Å². The molecule has 0 amide bonds. The Morgan fingerprint density at radius 1 is 1.24 bits per heavy atom. The number of hydrogen-bond acceptors (Lipinski definition) is 1. The van der Waals surface area contributed by atoms with Crippen LogP contribution in [0.5, 0.6) is 0 Å². The van der Waals surface area contributed by atoms with E-state index in [4.69, 9.17) is 0 Å². The van der Waals surface area contributed by atoms with Gasteiger partial charge in [0.05, 0.1) is 0 Å². The Kier molecular flexibility index (Phi) is 5.37. The molecule has 21 heavy (non-hydrogen) atoms. The fourth-order valence-electron chi connectivity index (χ4n) is 3.43. The van der Waals surface area contributed by atoms with Crippen LogP contribution in [0, 0.1) is 23.0 Å². The third-order valence-corrected chi connectivity index (χ3v) is 4.87. The van der Waals surface area contributed by atoms with E-state index >= 15 is 0 Å². The number of likely N-dealkylation sites (N-methyl/N-ethyl adjacent to an activating group) is 1. The second-order valence-corrected chi connectivity index (χ2v) is 7.11. The van der Waals surface area contributed by atoms with E-state index in [2.05, 4.69) is 26.1 Å². The minimum Gasteiger partial charge on any atom is -0.314 e. The highest BCUT2D eigenvalue weighted by Crippen LogP contribution is 2.39. The first-order valence-corrected chi connectivity index (χ1v) is 8.08. The Hall–Kier alpha value is -0.960. The van der Waals surface area contributed by atoms with E-state index in [1.165, 1.54) is 43.9 Å². The third kappa shape index (κ3) is 4.50. The summed E-state index contributed by atoms with van der Waals surface area (Å²) in [6.45, 7) is 7.57. The van der Waals surface area contributed by atoms with Gasteiger partial charge >= 0.3 is 0 Å². The molecule has 0 saturated heterocycles. The summed E-state index contributed by atoms with van der Waals surface area (Å²) in [5, 5.41) is 3.49. The zero-order valence-electron chi connectivity index (χ0n) is 13.4. The van der Waals surface area contributed by atoms with E-state index in [-0.39, 0.29) is 17.7 Å². The molecule has 1 aromatic carbocycles. The predicted molar refractivity (Wildman–Crippen MR) is 83.3 cm³/mol. The minimum atomic E-state index is -0.355. The molecule has 1 N–H and O–H groups in total. The molecule has 0 radical (unpaired) electrons. The lowest BCUT2D eigenvalue weighted by molar-refractivity contribution is 0.161. The van der Waals surface area contributed by atoms with E-state index in [0.717, 1.165) is 6.54 Å². The quantitative estimate of drug-likeness (QED) is 0.830. The molecule has 1 aliphatic rings. The second-order valence-electron chi connectivity index (χ2n) is 7.11. The highest BCUT2D eigenvalue weighted by atomic mass is 19.1. The van der Waals surface area contributed by atoms with Crippen LogP contribution in [0.4, 0.5) is 8.78 Å². The normalized spacial score (nSPS) is 20.4. The first-order chi connectivity index (χ1) is 9.91. The van der Waals surface area contributed by atoms with Crippen molar-refractivity contribution < 1.29 is 8.78 Å². The lowest BCUT2D eigenvalue weighted by Crippen LogP contribution is -2.40. The first kappa shape index (κ1) is 16.4. The Morgan fingerprint density at radius 2 is 1.90 bits per heavy atom. The molecular formula is C18H27F2N. The molecule has 1 aliphatic carbocycles. The Balaban J connectivity index is 2.07. The Labute approximate surface area is 127 Å². The fourth-order valence-corrected chi connectivity index (χ4v) is 3.43. The number of benzene rings is 1. The molecule has 1 atom stereocenters. The molecule has 0 bridgehead atoms. The summed E-state index contributed by atoms with van der Waals surface area (Å²) >= 11 is 0. The molecule has 2 rings (SSSR count). The van der Waals surface area contributed by atoms with E-state index < -0.39 is 0 Å². The average molecular weight is 295 g/mol. The predicted octanol–water partition coefficient (Wildman–Crippen LogP) is 4.70. The molecule has 0 aliphatic heterocycles. The number of hydrogen-bond donors (Lipinski definition) is 1. The maximum absolute atomic E-state index is 13.9. The largest absolute Gasteiger partial charge is 0.314 e. The smallest absolute Gasteiger partial charge is 0.126 e. The van der Waals surface area contributed by atoms with Crippen LogP contribution in [-0.4, -0.2) is 12.6 Å². The van der Waals surface area contributed by atoms with Gasteiger partial charge in [0.2, 0.25) is 0 Å². The summed E-state index contributed by atoms with van der Waals surface area (Å²) in [6.07, 6.45) is 5.34. The molecule has 0 spiro atoms. The molecule has 1 fully saturated rings. The van der Waals surface area contributed by atoms with Gasteiger partial charge in [0.25, 0.3) is 0 Å². The maximum Gasteiger partial charge on any atom is 0.126 e. The molecule has 3 heteroatoms. The van der Waals surface area contributed by atoms with E-state index in [9.17, 15) is 8.78 Å². The molecule has 1 aromatic rings. The van der Waals surface area contributed by atoms with Gasteiger partial charge in [-0.1, -0.05) is 20.8 Å². The summed E-state index contributed by atoms with van der Waals surface area (Å²) < 4.78 is 27.2. The van der Waals surface area contributed by atoms with Gasteiger partial charge in [0.15, 0.2) is 0 Å². The Bertz CT molecular complexity index is 460. The van der Waals surface area contributed by atoms with E-state index in [0.29, 0.717) is 23.3 Å². The van der Waals surface area contributed by atoms with Crippen LogP contribution in [0.1, 0.15) is 52.0 Å². The molecule has 1 saturated carbocycles. The minimum absolute atomic E-state index is 0.238. The number of nitrogens with one attached hydrogen (secondary N) is 1. The molecular weight excluding hydrogens is 268 g/mol. The van der Waals surface area contributed by atoms with Gasteiger partial charge in [-0.2, -0.15) is 0 Å². The van der Waals surface area contributed by atoms with Crippen molar-refractivity contribution in [2.75, 3.05) is 6.54 Å². The van der Waals surface area contributed by atoms with Crippen LogP contribution >= 0.6 is 0 Å². The molecule has 1 unspecified atom stereocenters. The molecule has 0 heterocycles. The van der Waals surface area contributed by atoms with E-state index in [1.807, 2.05) is 0 Å². The topological polar surface area (TPSA) is 12.0 Å². The summed E-state index contributed by atoms with van der Waals surface area (Å²) in [5.74, 6) is -0.0949. The van der Waals surface area contributed by atoms with Crippen molar-refractivity contribution in [1.29, 1.82) is 0 Å². The van der Waals surface area contributed by atoms with Gasteiger partial charge < -0.3 is 5.32 Å². The highest BCUT2D eigenvalue weighted by molar-refractivity contribution is 5.20. The lowest BCUT2D eigenvalue weighted by atomic mass is 9.70. The SMILES string of the molecule is CCNC(Cc1cc(F)ccc1F)C1CCC(C)(C)CC1. The van der Waals surface area contributed by atoms with Gasteiger partial charge in [-0.05, 0) is 73.7 Å². The van der Waals surface area contributed by atoms with Crippen molar-refractivity contribution in [2.24, 2.45) is 11.3 Å². The zero-order chi connectivity index (χ0) is 15.5. The average Bonchev–Trinajstić information content (AvgIpc) is 2.42. The van der Waals surface area contributed by atoms with Crippen molar-refractivity contribution in [1.82, 2.24) is 5.32 Å². The zero-order valence-corrected chi connectivity index (χ0v) is 13.4. The summed E-state index contributed by atoms with van der Waals surface area (Å²) in [5.41, 5.74) is 0.919. The fraction of sp³-hybridized carbons (Fsp3) is 0.667. The van der Waals surface area contributed by atoms with Crippen molar-refractivity contribution in [2.45, 2.75) is 58.9 Å². The third-order valence-electron chi connectivity index (χ3n) is 4.87. The summed E-state index contributed by atoms with van der Waals surface area (Å²) in [4.78, 5) is 0. The van der Waals surface area contributed by atoms with Gasteiger partial charge in [-0.3, -0.25) is 0 Å². The van der Waals surface area contributed by atoms with Gasteiger partial charge in [-0.15, -0.1) is 0 Å². The van der Waals surface area contributed by atoms with Crippen molar-refractivity contribution in [3.05, 3.63) is 35.4 Å². The van der Waals surface area contributed by atoms with Gasteiger partial charge in [-0.25, -0.2) is 8.78 Å². The van der Waals surface area contributed by atoms with Crippen molar-refractivity contribution in [3.63, 3.8) is 0 Å². The first-order valence-electron chi connectivity index (χ1n) is 8.08. The van der Waals surface area contributed by atoms with Gasteiger partial charge in [0.1, 0.15) is 11.6 Å².